The summed E-state index contributed by atoms with van der Waals surface area (Å²) < 4.78 is 0. The van der Waals surface area contributed by atoms with Crippen molar-refractivity contribution in [1.29, 1.82) is 0 Å². The maximum absolute atomic E-state index is 2.56. The number of rotatable bonds is 3. The van der Waals surface area contributed by atoms with E-state index >= 15 is 0 Å². The summed E-state index contributed by atoms with van der Waals surface area (Å²) in [5.74, 6) is 0. The fourth-order valence-corrected chi connectivity index (χ4v) is 10.3. The molecule has 48 heavy (non-hydrogen) atoms. The van der Waals surface area contributed by atoms with Gasteiger partial charge in [-0.1, -0.05) is 108 Å². The van der Waals surface area contributed by atoms with Crippen LogP contribution in [0.3, 0.4) is 0 Å². The standard InChI is InChI=1S/C42H26BN3S2/c1-3-13-27(14-4-1)44(28-15-5-2-6-16-28)29-25-34-40-35(26-29)46-33-20-8-10-22-37(33)48-39-24-12-18-31(42(39)46)43(40)30-17-11-23-38-41(30)45(34)32-19-7-9-21-36(32)47-38/h1-26H. The lowest BCUT2D eigenvalue weighted by Gasteiger charge is -2.48. The minimum absolute atomic E-state index is 0.111. The monoisotopic (exact) mass is 647 g/mol. The second-order valence-electron chi connectivity index (χ2n) is 12.5. The third-order valence-electron chi connectivity index (χ3n) is 9.96. The molecule has 0 bridgehead atoms. The van der Waals surface area contributed by atoms with Gasteiger partial charge in [0.05, 0.1) is 28.4 Å². The molecule has 0 aliphatic carbocycles. The summed E-state index contributed by atoms with van der Waals surface area (Å²) in [6.45, 7) is 0.111. The highest BCUT2D eigenvalue weighted by Gasteiger charge is 2.47. The molecule has 3 nitrogen and oxygen atoms in total. The van der Waals surface area contributed by atoms with Crippen LogP contribution in [0.5, 0.6) is 0 Å². The van der Waals surface area contributed by atoms with Gasteiger partial charge in [0, 0.05) is 42.3 Å². The molecule has 0 radical (unpaired) electrons. The Kier molecular flexibility index (Phi) is 5.63. The number of hydrogen-bond donors (Lipinski definition) is 0. The van der Waals surface area contributed by atoms with E-state index in [4.69, 9.17) is 0 Å². The van der Waals surface area contributed by atoms with Gasteiger partial charge in [-0.05, 0) is 89.2 Å². The zero-order chi connectivity index (χ0) is 31.3. The van der Waals surface area contributed by atoms with E-state index in [1.54, 1.807) is 0 Å². The maximum atomic E-state index is 2.56. The number of anilines is 9. The molecular formula is C42H26BN3S2. The fraction of sp³-hybridized carbons (Fsp3) is 0. The van der Waals surface area contributed by atoms with Crippen LogP contribution in [0.25, 0.3) is 0 Å². The van der Waals surface area contributed by atoms with Crippen molar-refractivity contribution >= 4 is 97.8 Å². The first-order chi connectivity index (χ1) is 23.8. The summed E-state index contributed by atoms with van der Waals surface area (Å²) >= 11 is 3.78. The molecule has 6 heteroatoms. The third kappa shape index (κ3) is 3.64. The van der Waals surface area contributed by atoms with Crippen molar-refractivity contribution in [3.63, 3.8) is 0 Å². The molecule has 0 unspecified atom stereocenters. The molecule has 0 amide bonds. The molecule has 224 valence electrons. The zero-order valence-electron chi connectivity index (χ0n) is 25.7. The lowest BCUT2D eigenvalue weighted by Crippen LogP contribution is -2.62. The number of hydrogen-bond acceptors (Lipinski definition) is 5. The van der Waals surface area contributed by atoms with Crippen LogP contribution in [0.4, 0.5) is 51.2 Å². The van der Waals surface area contributed by atoms with E-state index in [1.165, 1.54) is 70.1 Å². The van der Waals surface area contributed by atoms with Crippen LogP contribution >= 0.6 is 23.5 Å². The molecule has 4 aliphatic rings. The summed E-state index contributed by atoms with van der Waals surface area (Å²) in [5.41, 5.74) is 15.1. The molecular weight excluding hydrogens is 621 g/mol. The number of para-hydroxylation sites is 6. The van der Waals surface area contributed by atoms with Crippen LogP contribution in [-0.2, 0) is 0 Å². The SMILES string of the molecule is c1ccc(N(c2ccccc2)c2cc3c4c(c2)N2c5ccccc5Sc5cccc(c52)B4c2cccc4c2N3c2ccccc2S4)cc1. The smallest absolute Gasteiger partial charge is 0.252 e. The van der Waals surface area contributed by atoms with Crippen molar-refractivity contribution in [3.05, 3.63) is 158 Å². The third-order valence-corrected chi connectivity index (χ3v) is 12.2. The average molecular weight is 648 g/mol. The first-order valence-electron chi connectivity index (χ1n) is 16.3. The average Bonchev–Trinajstić information content (AvgIpc) is 3.14. The van der Waals surface area contributed by atoms with Gasteiger partial charge in [0.2, 0.25) is 0 Å². The van der Waals surface area contributed by atoms with E-state index in [0.29, 0.717) is 0 Å². The lowest BCUT2D eigenvalue weighted by atomic mass is 9.33. The summed E-state index contributed by atoms with van der Waals surface area (Å²) in [7, 11) is 0. The molecule has 7 aromatic rings. The minimum Gasteiger partial charge on any atom is -0.310 e. The fourth-order valence-electron chi connectivity index (χ4n) is 8.11. The van der Waals surface area contributed by atoms with Crippen molar-refractivity contribution in [3.8, 4) is 0 Å². The van der Waals surface area contributed by atoms with Crippen molar-refractivity contribution < 1.29 is 0 Å². The van der Waals surface area contributed by atoms with E-state index < -0.39 is 0 Å². The first-order valence-corrected chi connectivity index (χ1v) is 17.9. The van der Waals surface area contributed by atoms with Gasteiger partial charge in [0.25, 0.3) is 6.71 Å². The van der Waals surface area contributed by atoms with Crippen LogP contribution in [-0.4, -0.2) is 6.71 Å². The van der Waals surface area contributed by atoms with Crippen LogP contribution in [0.15, 0.2) is 177 Å². The van der Waals surface area contributed by atoms with Gasteiger partial charge in [-0.2, -0.15) is 0 Å². The van der Waals surface area contributed by atoms with Crippen LogP contribution in [0.1, 0.15) is 0 Å². The molecule has 4 aliphatic heterocycles. The predicted octanol–water partition coefficient (Wildman–Crippen LogP) is 10.2. The van der Waals surface area contributed by atoms with E-state index in [1.807, 2.05) is 23.5 Å². The Morgan fingerprint density at radius 1 is 0.396 bits per heavy atom. The van der Waals surface area contributed by atoms with Gasteiger partial charge >= 0.3 is 0 Å². The number of fused-ring (bicyclic) bond motifs is 8. The summed E-state index contributed by atoms with van der Waals surface area (Å²) in [6.07, 6.45) is 0. The summed E-state index contributed by atoms with van der Waals surface area (Å²) in [6, 6.07) is 58.0. The second kappa shape index (κ2) is 10.1. The van der Waals surface area contributed by atoms with Crippen LogP contribution < -0.4 is 31.1 Å². The van der Waals surface area contributed by atoms with E-state index in [-0.39, 0.29) is 6.71 Å². The van der Waals surface area contributed by atoms with Gasteiger partial charge < -0.3 is 14.7 Å². The van der Waals surface area contributed by atoms with Crippen molar-refractivity contribution in [1.82, 2.24) is 0 Å². The minimum atomic E-state index is 0.111. The Morgan fingerprint density at radius 2 is 0.833 bits per heavy atom. The Labute approximate surface area is 288 Å². The van der Waals surface area contributed by atoms with E-state index in [0.717, 1.165) is 17.1 Å². The largest absolute Gasteiger partial charge is 0.310 e. The molecule has 4 heterocycles. The normalized spacial score (nSPS) is 14.0. The van der Waals surface area contributed by atoms with Crippen molar-refractivity contribution in [2.45, 2.75) is 19.6 Å². The molecule has 0 fully saturated rings. The molecule has 0 spiro atoms. The Balaban J connectivity index is 1.29. The van der Waals surface area contributed by atoms with E-state index in [2.05, 4.69) is 172 Å². The highest BCUT2D eigenvalue weighted by molar-refractivity contribution is 8.00. The Hall–Kier alpha value is -5.30. The van der Waals surface area contributed by atoms with Gasteiger partial charge in [-0.15, -0.1) is 0 Å². The quantitative estimate of drug-likeness (QED) is 0.176. The molecule has 0 atom stereocenters. The predicted molar refractivity (Wildman–Crippen MR) is 203 cm³/mol. The highest BCUT2D eigenvalue weighted by Crippen LogP contribution is 2.57. The summed E-state index contributed by atoms with van der Waals surface area (Å²) in [5, 5.41) is 0. The second-order valence-corrected chi connectivity index (χ2v) is 14.7. The molecule has 0 saturated carbocycles. The summed E-state index contributed by atoms with van der Waals surface area (Å²) in [4.78, 5) is 12.7. The maximum Gasteiger partial charge on any atom is 0.252 e. The Morgan fingerprint density at radius 3 is 1.33 bits per heavy atom. The van der Waals surface area contributed by atoms with Crippen LogP contribution in [0.2, 0.25) is 0 Å². The number of nitrogens with zero attached hydrogens (tertiary/aromatic N) is 3. The molecule has 0 saturated heterocycles. The Bertz CT molecular complexity index is 2280. The van der Waals surface area contributed by atoms with Crippen LogP contribution in [0, 0.1) is 0 Å². The van der Waals surface area contributed by atoms with E-state index in [9.17, 15) is 0 Å². The van der Waals surface area contributed by atoms with Crippen molar-refractivity contribution in [2.24, 2.45) is 0 Å². The van der Waals surface area contributed by atoms with Gasteiger partial charge in [0.15, 0.2) is 0 Å². The highest BCUT2D eigenvalue weighted by atomic mass is 32.2. The molecule has 11 rings (SSSR count). The first kappa shape index (κ1) is 26.7. The lowest BCUT2D eigenvalue weighted by molar-refractivity contribution is 1.14. The van der Waals surface area contributed by atoms with Gasteiger partial charge in [-0.25, -0.2) is 0 Å². The van der Waals surface area contributed by atoms with Crippen molar-refractivity contribution in [2.75, 3.05) is 14.7 Å². The molecule has 0 N–H and O–H groups in total. The van der Waals surface area contributed by atoms with Gasteiger partial charge in [0.1, 0.15) is 0 Å². The molecule has 0 aromatic heterocycles. The topological polar surface area (TPSA) is 9.72 Å². The molecule has 7 aromatic carbocycles. The van der Waals surface area contributed by atoms with Gasteiger partial charge in [-0.3, -0.25) is 0 Å². The zero-order valence-corrected chi connectivity index (χ0v) is 27.4. The number of benzene rings is 7.